The highest BCUT2D eigenvalue weighted by atomic mass is 32.1. The van der Waals surface area contributed by atoms with Gasteiger partial charge >= 0.3 is 0 Å². The van der Waals surface area contributed by atoms with Gasteiger partial charge in [-0.25, -0.2) is 9.97 Å². The number of hydrogen-bond donors (Lipinski definition) is 0. The fraction of sp³-hybridized carbons (Fsp3) is 0. The number of para-hydroxylation sites is 2. The molecule has 9 rings (SSSR count). The third kappa shape index (κ3) is 2.62. The third-order valence-corrected chi connectivity index (χ3v) is 8.92. The van der Waals surface area contributed by atoms with Gasteiger partial charge in [-0.1, -0.05) is 97.1 Å². The maximum Gasteiger partial charge on any atom is 0.160 e. The van der Waals surface area contributed by atoms with Gasteiger partial charge in [0.1, 0.15) is 0 Å². The second-order valence-electron chi connectivity index (χ2n) is 9.82. The minimum atomic E-state index is 0.756. The molecule has 0 aliphatic rings. The van der Waals surface area contributed by atoms with Crippen LogP contribution in [0.3, 0.4) is 0 Å². The maximum absolute atomic E-state index is 5.20. The van der Waals surface area contributed by atoms with Crippen molar-refractivity contribution in [2.24, 2.45) is 0 Å². The smallest absolute Gasteiger partial charge is 0.160 e. The molecule has 4 heteroatoms. The van der Waals surface area contributed by atoms with E-state index in [-0.39, 0.29) is 0 Å². The highest BCUT2D eigenvalue weighted by Crippen LogP contribution is 2.42. The summed E-state index contributed by atoms with van der Waals surface area (Å²) in [4.78, 5) is 10.4. The van der Waals surface area contributed by atoms with E-state index >= 15 is 0 Å². The highest BCUT2D eigenvalue weighted by molar-refractivity contribution is 7.26. The van der Waals surface area contributed by atoms with Crippen molar-refractivity contribution < 1.29 is 0 Å². The molecule has 5 aromatic carbocycles. The first-order valence-electron chi connectivity index (χ1n) is 12.8. The Morgan fingerprint density at radius 2 is 1.24 bits per heavy atom. The highest BCUT2D eigenvalue weighted by Gasteiger charge is 2.19. The predicted molar refractivity (Wildman–Crippen MR) is 160 cm³/mol. The van der Waals surface area contributed by atoms with Crippen molar-refractivity contribution in [1.29, 1.82) is 0 Å². The number of aromatic nitrogens is 3. The lowest BCUT2D eigenvalue weighted by atomic mass is 10.1. The Bertz CT molecular complexity index is 2340. The van der Waals surface area contributed by atoms with Crippen LogP contribution in [0.4, 0.5) is 0 Å². The second-order valence-corrected chi connectivity index (χ2v) is 10.9. The van der Waals surface area contributed by atoms with E-state index in [0.29, 0.717) is 0 Å². The Morgan fingerprint density at radius 1 is 0.526 bits per heavy atom. The van der Waals surface area contributed by atoms with E-state index in [1.165, 1.54) is 48.2 Å². The Hall–Kier alpha value is -4.80. The zero-order chi connectivity index (χ0) is 24.8. The molecule has 0 saturated heterocycles. The molecule has 0 radical (unpaired) electrons. The average molecular weight is 502 g/mol. The number of hydrogen-bond acceptors (Lipinski definition) is 3. The van der Waals surface area contributed by atoms with E-state index in [9.17, 15) is 0 Å². The van der Waals surface area contributed by atoms with Crippen molar-refractivity contribution in [2.45, 2.75) is 0 Å². The zero-order valence-electron chi connectivity index (χ0n) is 20.2. The number of rotatable bonds is 2. The van der Waals surface area contributed by atoms with Gasteiger partial charge in [0, 0.05) is 42.8 Å². The largest absolute Gasteiger partial charge is 0.308 e. The van der Waals surface area contributed by atoms with Crippen molar-refractivity contribution in [1.82, 2.24) is 14.4 Å². The quantitative estimate of drug-likeness (QED) is 0.236. The van der Waals surface area contributed by atoms with Gasteiger partial charge < -0.3 is 4.40 Å². The lowest BCUT2D eigenvalue weighted by Gasteiger charge is -2.08. The van der Waals surface area contributed by atoms with Crippen LogP contribution in [-0.4, -0.2) is 14.4 Å². The summed E-state index contributed by atoms with van der Waals surface area (Å²) in [6, 6.07) is 41.0. The van der Waals surface area contributed by atoms with Gasteiger partial charge in [-0.3, -0.25) is 0 Å². The monoisotopic (exact) mass is 501 g/mol. The molecule has 0 N–H and O–H groups in total. The SMILES string of the molecule is c1ccc(-c2nc(-c3ccc4c5cccc6c7ccccc7n(c4c3)c65)nc3c2sc2ccccc23)cc1. The molecular weight excluding hydrogens is 482 g/mol. The molecule has 38 heavy (non-hydrogen) atoms. The summed E-state index contributed by atoms with van der Waals surface area (Å²) >= 11 is 1.77. The molecule has 0 amide bonds. The summed E-state index contributed by atoms with van der Waals surface area (Å²) in [5.74, 6) is 0.756. The maximum atomic E-state index is 5.20. The standard InChI is InChI=1S/C34H19N3S/c1-2-9-20(10-3-1)30-33-31(26-12-5-7-16-29(26)38-33)36-34(35-30)21-17-18-23-25-14-8-13-24-22-11-4-6-15-27(22)37(32(24)25)28(23)19-21/h1-19H. The van der Waals surface area contributed by atoms with Gasteiger partial charge in [-0.05, 0) is 18.2 Å². The molecule has 0 unspecified atom stereocenters. The second kappa shape index (κ2) is 7.37. The van der Waals surface area contributed by atoms with Crippen LogP contribution in [0.2, 0.25) is 0 Å². The summed E-state index contributed by atoms with van der Waals surface area (Å²) in [6.45, 7) is 0. The van der Waals surface area contributed by atoms with Crippen molar-refractivity contribution in [2.75, 3.05) is 0 Å². The van der Waals surface area contributed by atoms with Gasteiger partial charge in [0.15, 0.2) is 5.82 Å². The summed E-state index contributed by atoms with van der Waals surface area (Å²) in [5, 5.41) is 6.30. The first-order valence-corrected chi connectivity index (χ1v) is 13.6. The Balaban J connectivity index is 1.39. The van der Waals surface area contributed by atoms with Crippen LogP contribution in [0, 0.1) is 0 Å². The van der Waals surface area contributed by atoms with Crippen molar-refractivity contribution >= 4 is 69.7 Å². The molecule has 3 nitrogen and oxygen atoms in total. The average Bonchev–Trinajstić information content (AvgIpc) is 3.64. The van der Waals surface area contributed by atoms with Crippen LogP contribution >= 0.6 is 11.3 Å². The number of fused-ring (bicyclic) bond motifs is 9. The molecule has 0 atom stereocenters. The van der Waals surface area contributed by atoms with E-state index in [1.54, 1.807) is 11.3 Å². The molecule has 0 aliphatic carbocycles. The molecule has 0 saturated carbocycles. The fourth-order valence-electron chi connectivity index (χ4n) is 6.08. The van der Waals surface area contributed by atoms with Gasteiger partial charge in [0.05, 0.1) is 32.5 Å². The van der Waals surface area contributed by atoms with E-state index in [2.05, 4.69) is 114 Å². The predicted octanol–water partition coefficient (Wildman–Crippen LogP) is 9.33. The summed E-state index contributed by atoms with van der Waals surface area (Å²) in [5.41, 5.74) is 7.85. The van der Waals surface area contributed by atoms with Crippen LogP contribution in [-0.2, 0) is 0 Å². The van der Waals surface area contributed by atoms with Crippen molar-refractivity contribution in [3.63, 3.8) is 0 Å². The molecule has 4 aromatic heterocycles. The number of benzene rings is 5. The molecule has 0 bridgehead atoms. The van der Waals surface area contributed by atoms with Gasteiger partial charge in [0.2, 0.25) is 0 Å². The summed E-state index contributed by atoms with van der Waals surface area (Å²) < 4.78 is 4.78. The fourth-order valence-corrected chi connectivity index (χ4v) is 7.23. The molecule has 9 aromatic rings. The van der Waals surface area contributed by atoms with Gasteiger partial charge in [-0.15, -0.1) is 11.3 Å². The van der Waals surface area contributed by atoms with E-state index in [1.807, 2.05) is 6.07 Å². The number of nitrogens with zero attached hydrogens (tertiary/aromatic N) is 3. The van der Waals surface area contributed by atoms with Crippen LogP contribution < -0.4 is 0 Å². The Kier molecular flexibility index (Phi) is 3.93. The molecule has 0 aliphatic heterocycles. The minimum absolute atomic E-state index is 0.756. The van der Waals surface area contributed by atoms with Gasteiger partial charge in [0.25, 0.3) is 0 Å². The molecule has 0 fully saturated rings. The van der Waals surface area contributed by atoms with Crippen molar-refractivity contribution in [3.05, 3.63) is 115 Å². The first-order chi connectivity index (χ1) is 18.8. The summed E-state index contributed by atoms with van der Waals surface area (Å²) in [7, 11) is 0. The van der Waals surface area contributed by atoms with E-state index in [0.717, 1.165) is 32.9 Å². The Morgan fingerprint density at radius 3 is 2.11 bits per heavy atom. The lowest BCUT2D eigenvalue weighted by Crippen LogP contribution is -1.94. The Labute approximate surface area is 221 Å². The topological polar surface area (TPSA) is 30.2 Å². The van der Waals surface area contributed by atoms with E-state index < -0.39 is 0 Å². The van der Waals surface area contributed by atoms with E-state index in [4.69, 9.17) is 9.97 Å². The van der Waals surface area contributed by atoms with Gasteiger partial charge in [-0.2, -0.15) is 0 Å². The van der Waals surface area contributed by atoms with Crippen LogP contribution in [0.5, 0.6) is 0 Å². The molecule has 176 valence electrons. The minimum Gasteiger partial charge on any atom is -0.308 e. The molecule has 0 spiro atoms. The van der Waals surface area contributed by atoms with Crippen molar-refractivity contribution in [3.8, 4) is 22.6 Å². The number of thiophene rings is 1. The lowest BCUT2D eigenvalue weighted by molar-refractivity contribution is 1.24. The zero-order valence-corrected chi connectivity index (χ0v) is 21.0. The normalized spacial score (nSPS) is 12.2. The third-order valence-electron chi connectivity index (χ3n) is 7.75. The van der Waals surface area contributed by atoms with Crippen LogP contribution in [0.15, 0.2) is 115 Å². The summed E-state index contributed by atoms with van der Waals surface area (Å²) in [6.07, 6.45) is 0. The molecule has 4 heterocycles. The van der Waals surface area contributed by atoms with Crippen LogP contribution in [0.25, 0.3) is 81.0 Å². The first kappa shape index (κ1) is 20.3. The molecular formula is C34H19N3S. The van der Waals surface area contributed by atoms with Crippen LogP contribution in [0.1, 0.15) is 0 Å².